The standard InChI is InChI=1S/C25H27N5O2/c1-2-12-27-24(32)25(11-6-15-30(18-25)23(31)22-10-14-28-29-22)16-19-7-3-4-9-21(19)20-8-5-13-26-17-20/h2-5,7-10,13-14,17H,1,6,11-12,15-16,18H2,(H,27,32)(H,28,29). The molecule has 0 spiro atoms. The zero-order chi connectivity index (χ0) is 22.4. The second kappa shape index (κ2) is 9.60. The van der Waals surface area contributed by atoms with Gasteiger partial charge >= 0.3 is 0 Å². The monoisotopic (exact) mass is 429 g/mol. The molecular weight excluding hydrogens is 402 g/mol. The van der Waals surface area contributed by atoms with E-state index in [9.17, 15) is 9.59 Å². The highest BCUT2D eigenvalue weighted by Crippen LogP contribution is 2.37. The van der Waals surface area contributed by atoms with E-state index in [0.717, 1.165) is 23.1 Å². The molecule has 7 heteroatoms. The van der Waals surface area contributed by atoms with Crippen LogP contribution < -0.4 is 5.32 Å². The van der Waals surface area contributed by atoms with Gasteiger partial charge in [0.15, 0.2) is 0 Å². The third-order valence-corrected chi connectivity index (χ3v) is 6.00. The van der Waals surface area contributed by atoms with E-state index >= 15 is 0 Å². The maximum Gasteiger partial charge on any atom is 0.271 e. The second-order valence-electron chi connectivity index (χ2n) is 8.16. The fourth-order valence-corrected chi connectivity index (χ4v) is 4.46. The second-order valence-corrected chi connectivity index (χ2v) is 8.16. The molecule has 1 unspecified atom stereocenters. The predicted molar refractivity (Wildman–Crippen MR) is 123 cm³/mol. The summed E-state index contributed by atoms with van der Waals surface area (Å²) < 4.78 is 0. The summed E-state index contributed by atoms with van der Waals surface area (Å²) in [5.41, 5.74) is 2.81. The van der Waals surface area contributed by atoms with Gasteiger partial charge in [-0.2, -0.15) is 5.10 Å². The minimum Gasteiger partial charge on any atom is -0.352 e. The van der Waals surface area contributed by atoms with Gasteiger partial charge in [0.1, 0.15) is 5.69 Å². The summed E-state index contributed by atoms with van der Waals surface area (Å²) in [6.07, 6.45) is 8.78. The van der Waals surface area contributed by atoms with Crippen LogP contribution in [0.5, 0.6) is 0 Å². The van der Waals surface area contributed by atoms with Crippen LogP contribution in [0.1, 0.15) is 28.9 Å². The van der Waals surface area contributed by atoms with E-state index in [1.54, 1.807) is 29.4 Å². The number of rotatable bonds is 7. The largest absolute Gasteiger partial charge is 0.352 e. The van der Waals surface area contributed by atoms with Crippen LogP contribution in [0.15, 0.2) is 73.7 Å². The molecule has 164 valence electrons. The van der Waals surface area contributed by atoms with Crippen molar-refractivity contribution < 1.29 is 9.59 Å². The lowest BCUT2D eigenvalue weighted by molar-refractivity contribution is -0.133. The Bertz CT molecular complexity index is 1080. The van der Waals surface area contributed by atoms with Crippen molar-refractivity contribution in [1.29, 1.82) is 0 Å². The molecule has 0 saturated carbocycles. The number of pyridine rings is 1. The van der Waals surface area contributed by atoms with Crippen molar-refractivity contribution >= 4 is 11.8 Å². The first kappa shape index (κ1) is 21.5. The maximum absolute atomic E-state index is 13.5. The number of hydrogen-bond donors (Lipinski definition) is 2. The van der Waals surface area contributed by atoms with E-state index in [4.69, 9.17) is 0 Å². The predicted octanol–water partition coefficient (Wildman–Crippen LogP) is 3.24. The molecule has 1 atom stereocenters. The van der Waals surface area contributed by atoms with Crippen molar-refractivity contribution in [2.45, 2.75) is 19.3 Å². The van der Waals surface area contributed by atoms with Gasteiger partial charge in [-0.25, -0.2) is 0 Å². The quantitative estimate of drug-likeness (QED) is 0.564. The summed E-state index contributed by atoms with van der Waals surface area (Å²) in [7, 11) is 0. The van der Waals surface area contributed by atoms with Gasteiger partial charge in [0.2, 0.25) is 5.91 Å². The Hall–Kier alpha value is -3.74. The van der Waals surface area contributed by atoms with Crippen molar-refractivity contribution in [2.75, 3.05) is 19.6 Å². The van der Waals surface area contributed by atoms with Crippen LogP contribution in [0.3, 0.4) is 0 Å². The molecule has 4 rings (SSSR count). The van der Waals surface area contributed by atoms with Gasteiger partial charge in [-0.3, -0.25) is 19.7 Å². The van der Waals surface area contributed by atoms with E-state index in [2.05, 4.69) is 39.2 Å². The fraction of sp³-hybridized carbons (Fsp3) is 0.280. The molecule has 0 radical (unpaired) electrons. The summed E-state index contributed by atoms with van der Waals surface area (Å²) in [5, 5.41) is 9.63. The highest BCUT2D eigenvalue weighted by atomic mass is 16.2. The van der Waals surface area contributed by atoms with Crippen LogP contribution in [0.2, 0.25) is 0 Å². The van der Waals surface area contributed by atoms with Gasteiger partial charge in [-0.15, -0.1) is 6.58 Å². The molecule has 1 aliphatic heterocycles. The van der Waals surface area contributed by atoms with Gasteiger partial charge in [0, 0.05) is 43.8 Å². The molecule has 1 aliphatic rings. The summed E-state index contributed by atoms with van der Waals surface area (Å²) in [6, 6.07) is 13.7. The highest BCUT2D eigenvalue weighted by molar-refractivity contribution is 5.93. The number of nitrogens with one attached hydrogen (secondary N) is 2. The topological polar surface area (TPSA) is 91.0 Å². The van der Waals surface area contributed by atoms with Crippen LogP contribution in [0.25, 0.3) is 11.1 Å². The van der Waals surface area contributed by atoms with Gasteiger partial charge in [-0.1, -0.05) is 36.4 Å². The Labute approximate surface area is 187 Å². The lowest BCUT2D eigenvalue weighted by atomic mass is 9.73. The Balaban J connectivity index is 1.68. The first-order chi connectivity index (χ1) is 15.6. The van der Waals surface area contributed by atoms with Crippen molar-refractivity contribution in [3.05, 3.63) is 85.0 Å². The van der Waals surface area contributed by atoms with Gasteiger partial charge in [0.05, 0.1) is 5.41 Å². The van der Waals surface area contributed by atoms with Crippen molar-refractivity contribution in [2.24, 2.45) is 5.41 Å². The molecule has 1 saturated heterocycles. The first-order valence-electron chi connectivity index (χ1n) is 10.8. The average Bonchev–Trinajstić information content (AvgIpc) is 3.38. The van der Waals surface area contributed by atoms with E-state index in [-0.39, 0.29) is 11.8 Å². The summed E-state index contributed by atoms with van der Waals surface area (Å²) in [6.45, 7) is 5.06. The Kier molecular flexibility index (Phi) is 6.44. The fourth-order valence-electron chi connectivity index (χ4n) is 4.46. The highest BCUT2D eigenvalue weighted by Gasteiger charge is 2.44. The molecule has 1 fully saturated rings. The SMILES string of the molecule is C=CCNC(=O)C1(Cc2ccccc2-c2cccnc2)CCCN(C(=O)c2ccn[nH]2)C1. The Morgan fingerprint density at radius 2 is 2.06 bits per heavy atom. The van der Waals surface area contributed by atoms with Crippen LogP contribution >= 0.6 is 0 Å². The molecule has 3 heterocycles. The third-order valence-electron chi connectivity index (χ3n) is 6.00. The summed E-state index contributed by atoms with van der Waals surface area (Å²) in [5.74, 6) is -0.191. The lowest BCUT2D eigenvalue weighted by Crippen LogP contribution is -2.54. The van der Waals surface area contributed by atoms with E-state index in [0.29, 0.717) is 38.2 Å². The number of likely N-dealkylation sites (tertiary alicyclic amines) is 1. The average molecular weight is 430 g/mol. The zero-order valence-corrected chi connectivity index (χ0v) is 18.0. The lowest BCUT2D eigenvalue weighted by Gasteiger charge is -2.42. The third kappa shape index (κ3) is 4.46. The minimum absolute atomic E-state index is 0.0551. The number of aromatic amines is 1. The number of hydrogen-bond acceptors (Lipinski definition) is 4. The molecule has 2 amide bonds. The van der Waals surface area contributed by atoms with Gasteiger partial charge < -0.3 is 10.2 Å². The van der Waals surface area contributed by atoms with Crippen LogP contribution in [0.4, 0.5) is 0 Å². The van der Waals surface area contributed by atoms with E-state index in [1.165, 1.54) is 0 Å². The number of aromatic nitrogens is 3. The van der Waals surface area contributed by atoms with Crippen LogP contribution in [-0.4, -0.2) is 51.5 Å². The van der Waals surface area contributed by atoms with E-state index in [1.807, 2.05) is 30.5 Å². The van der Waals surface area contributed by atoms with Crippen molar-refractivity contribution in [3.63, 3.8) is 0 Å². The van der Waals surface area contributed by atoms with Crippen LogP contribution in [-0.2, 0) is 11.2 Å². The number of carbonyl (C=O) groups excluding carboxylic acids is 2. The van der Waals surface area contributed by atoms with Gasteiger partial charge in [-0.05, 0) is 42.5 Å². The molecule has 32 heavy (non-hydrogen) atoms. The first-order valence-corrected chi connectivity index (χ1v) is 10.8. The molecule has 3 aromatic rings. The molecule has 2 N–H and O–H groups in total. The number of nitrogens with zero attached hydrogens (tertiary/aromatic N) is 3. The Morgan fingerprint density at radius 1 is 1.19 bits per heavy atom. The molecule has 7 nitrogen and oxygen atoms in total. The number of H-pyrrole nitrogens is 1. The number of carbonyl (C=O) groups is 2. The van der Waals surface area contributed by atoms with Gasteiger partial charge in [0.25, 0.3) is 5.91 Å². The van der Waals surface area contributed by atoms with E-state index < -0.39 is 5.41 Å². The van der Waals surface area contributed by atoms with Crippen molar-refractivity contribution in [1.82, 2.24) is 25.4 Å². The maximum atomic E-state index is 13.5. The summed E-state index contributed by atoms with van der Waals surface area (Å²) in [4.78, 5) is 32.5. The van der Waals surface area contributed by atoms with Crippen LogP contribution in [0, 0.1) is 5.41 Å². The van der Waals surface area contributed by atoms with Crippen molar-refractivity contribution in [3.8, 4) is 11.1 Å². The summed E-state index contributed by atoms with van der Waals surface area (Å²) >= 11 is 0. The number of benzene rings is 1. The molecule has 0 aliphatic carbocycles. The Morgan fingerprint density at radius 3 is 2.81 bits per heavy atom. The zero-order valence-electron chi connectivity index (χ0n) is 18.0. The number of piperidine rings is 1. The minimum atomic E-state index is -0.741. The normalized spacial score (nSPS) is 18.2. The molecular formula is C25H27N5O2. The molecule has 1 aromatic carbocycles. The molecule has 0 bridgehead atoms. The number of amides is 2. The smallest absolute Gasteiger partial charge is 0.271 e. The molecule has 2 aromatic heterocycles.